The first-order chi connectivity index (χ1) is 8.65. The highest BCUT2D eigenvalue weighted by atomic mass is 35.5. The fourth-order valence-electron chi connectivity index (χ4n) is 1.67. The van der Waals surface area contributed by atoms with Crippen molar-refractivity contribution in [3.8, 4) is 0 Å². The molecule has 7 nitrogen and oxygen atoms in total. The highest BCUT2D eigenvalue weighted by Crippen LogP contribution is 2.09. The van der Waals surface area contributed by atoms with Gasteiger partial charge in [-0.2, -0.15) is 5.10 Å². The van der Waals surface area contributed by atoms with Crippen molar-refractivity contribution in [3.05, 3.63) is 39.2 Å². The van der Waals surface area contributed by atoms with E-state index in [1.807, 2.05) is 11.0 Å². The van der Waals surface area contributed by atoms with Gasteiger partial charge in [0.05, 0.1) is 6.54 Å². The number of hydrogen-bond acceptors (Lipinski definition) is 6. The Bertz CT molecular complexity index is 462. The van der Waals surface area contributed by atoms with E-state index in [0.717, 1.165) is 5.56 Å². The van der Waals surface area contributed by atoms with Gasteiger partial charge in [-0.25, -0.2) is 4.98 Å². The number of pyridine rings is 1. The van der Waals surface area contributed by atoms with E-state index in [9.17, 15) is 10.1 Å². The molecule has 0 bridgehead atoms. The van der Waals surface area contributed by atoms with Gasteiger partial charge in [0, 0.05) is 24.2 Å². The fourth-order valence-corrected chi connectivity index (χ4v) is 1.79. The summed E-state index contributed by atoms with van der Waals surface area (Å²) in [5, 5.41) is 14.9. The van der Waals surface area contributed by atoms with Crippen LogP contribution in [0.1, 0.15) is 5.56 Å². The number of nitro groups is 1. The predicted molar refractivity (Wildman–Crippen MR) is 67.0 cm³/mol. The second kappa shape index (κ2) is 5.63. The van der Waals surface area contributed by atoms with Gasteiger partial charge >= 0.3 is 0 Å². The molecule has 1 N–H and O–H groups in total. The minimum Gasteiger partial charge on any atom is -0.347 e. The number of halogens is 1. The molecule has 18 heavy (non-hydrogen) atoms. The largest absolute Gasteiger partial charge is 0.347 e. The van der Waals surface area contributed by atoms with Crippen molar-refractivity contribution in [1.29, 1.82) is 0 Å². The summed E-state index contributed by atoms with van der Waals surface area (Å²) in [6, 6.07) is 3.55. The molecule has 0 atom stereocenters. The van der Waals surface area contributed by atoms with Crippen LogP contribution in [-0.4, -0.2) is 40.3 Å². The van der Waals surface area contributed by atoms with E-state index in [1.54, 1.807) is 12.3 Å². The Balaban J connectivity index is 2.06. The smallest absolute Gasteiger partial charge is 0.262 e. The molecule has 0 spiro atoms. The summed E-state index contributed by atoms with van der Waals surface area (Å²) in [5.41, 5.74) is 3.71. The van der Waals surface area contributed by atoms with E-state index in [0.29, 0.717) is 30.6 Å². The molecule has 0 amide bonds. The Hall–Kier alpha value is -1.89. The van der Waals surface area contributed by atoms with Crippen LogP contribution in [0.2, 0.25) is 5.15 Å². The maximum atomic E-state index is 10.6. The number of rotatable bonds is 4. The molecule has 0 saturated heterocycles. The van der Waals surface area contributed by atoms with Crippen LogP contribution >= 0.6 is 11.6 Å². The third-order valence-corrected chi connectivity index (χ3v) is 2.72. The lowest BCUT2D eigenvalue weighted by Gasteiger charge is -2.27. The number of aromatic nitrogens is 1. The standard InChI is InChI=1S/C10H12ClN5O2/c11-9-2-1-8(5-12-9)6-15-4-3-13-14-10(15)7-16(17)18/h1-2,5,13H,3-4,6-7H2. The van der Waals surface area contributed by atoms with Crippen LogP contribution in [0.15, 0.2) is 23.4 Å². The maximum Gasteiger partial charge on any atom is 0.262 e. The fraction of sp³-hybridized carbons (Fsp3) is 0.400. The van der Waals surface area contributed by atoms with Gasteiger partial charge in [-0.05, 0) is 11.6 Å². The number of hydrazone groups is 1. The van der Waals surface area contributed by atoms with Crippen molar-refractivity contribution >= 4 is 17.4 Å². The lowest BCUT2D eigenvalue weighted by atomic mass is 10.2. The average Bonchev–Trinajstić information content (AvgIpc) is 2.34. The van der Waals surface area contributed by atoms with Crippen LogP contribution in [0.5, 0.6) is 0 Å². The monoisotopic (exact) mass is 269 g/mol. The first-order valence-electron chi connectivity index (χ1n) is 5.42. The Morgan fingerprint density at radius 3 is 3.06 bits per heavy atom. The topological polar surface area (TPSA) is 83.7 Å². The lowest BCUT2D eigenvalue weighted by Crippen LogP contribution is -2.44. The first kappa shape index (κ1) is 12.6. The molecule has 2 rings (SSSR count). The third-order valence-electron chi connectivity index (χ3n) is 2.50. The minimum absolute atomic E-state index is 0.284. The number of nitrogens with zero attached hydrogens (tertiary/aromatic N) is 4. The number of nitrogens with one attached hydrogen (secondary N) is 1. The lowest BCUT2D eigenvalue weighted by molar-refractivity contribution is -0.464. The van der Waals surface area contributed by atoms with E-state index in [-0.39, 0.29) is 11.5 Å². The molecule has 0 saturated carbocycles. The zero-order valence-electron chi connectivity index (χ0n) is 9.54. The average molecular weight is 270 g/mol. The normalized spacial score (nSPS) is 14.9. The van der Waals surface area contributed by atoms with Crippen LogP contribution < -0.4 is 5.43 Å². The Kier molecular flexibility index (Phi) is 3.93. The summed E-state index contributed by atoms with van der Waals surface area (Å²) >= 11 is 5.70. The summed E-state index contributed by atoms with van der Waals surface area (Å²) < 4.78 is 0. The Morgan fingerprint density at radius 1 is 1.56 bits per heavy atom. The summed E-state index contributed by atoms with van der Waals surface area (Å²) in [4.78, 5) is 16.0. The van der Waals surface area contributed by atoms with Crippen LogP contribution in [-0.2, 0) is 6.54 Å². The molecule has 0 fully saturated rings. The second-order valence-corrected chi connectivity index (χ2v) is 4.22. The summed E-state index contributed by atoms with van der Waals surface area (Å²) in [6.07, 6.45) is 1.66. The SMILES string of the molecule is O=[N+]([O-])CC1=NNCCN1Cc1ccc(Cl)nc1. The third kappa shape index (κ3) is 3.30. The Morgan fingerprint density at radius 2 is 2.39 bits per heavy atom. The predicted octanol–water partition coefficient (Wildman–Crippen LogP) is 0.730. The second-order valence-electron chi connectivity index (χ2n) is 3.84. The zero-order chi connectivity index (χ0) is 13.0. The molecule has 1 aromatic heterocycles. The van der Waals surface area contributed by atoms with E-state index in [1.165, 1.54) is 0 Å². The zero-order valence-corrected chi connectivity index (χ0v) is 10.3. The van der Waals surface area contributed by atoms with E-state index >= 15 is 0 Å². The van der Waals surface area contributed by atoms with Crippen LogP contribution in [0.3, 0.4) is 0 Å². The molecule has 1 aromatic rings. The summed E-state index contributed by atoms with van der Waals surface area (Å²) in [5.74, 6) is 0.432. The van der Waals surface area contributed by atoms with Gasteiger partial charge in [-0.1, -0.05) is 17.7 Å². The van der Waals surface area contributed by atoms with Gasteiger partial charge in [0.15, 0.2) is 5.84 Å². The van der Waals surface area contributed by atoms with Gasteiger partial charge in [0.25, 0.3) is 6.54 Å². The van der Waals surface area contributed by atoms with Crippen molar-refractivity contribution in [1.82, 2.24) is 15.3 Å². The molecule has 2 heterocycles. The van der Waals surface area contributed by atoms with Crippen molar-refractivity contribution in [3.63, 3.8) is 0 Å². The molecule has 0 radical (unpaired) electrons. The van der Waals surface area contributed by atoms with Crippen LogP contribution in [0.4, 0.5) is 0 Å². The highest BCUT2D eigenvalue weighted by molar-refractivity contribution is 6.29. The van der Waals surface area contributed by atoms with Gasteiger partial charge in [0.2, 0.25) is 0 Å². The van der Waals surface area contributed by atoms with Gasteiger partial charge < -0.3 is 10.3 Å². The van der Waals surface area contributed by atoms with Crippen molar-refractivity contribution < 1.29 is 4.92 Å². The molecule has 0 aromatic carbocycles. The molecular weight excluding hydrogens is 258 g/mol. The van der Waals surface area contributed by atoms with Gasteiger partial charge in [0.1, 0.15) is 5.15 Å². The summed E-state index contributed by atoms with van der Waals surface area (Å²) in [6.45, 7) is 1.60. The molecule has 96 valence electrons. The maximum absolute atomic E-state index is 10.6. The van der Waals surface area contributed by atoms with Crippen molar-refractivity contribution in [2.75, 3.05) is 19.6 Å². The van der Waals surface area contributed by atoms with Gasteiger partial charge in [-0.15, -0.1) is 0 Å². The number of amidine groups is 1. The summed E-state index contributed by atoms with van der Waals surface area (Å²) in [7, 11) is 0. The number of hydrogen-bond donors (Lipinski definition) is 1. The molecule has 1 aliphatic rings. The van der Waals surface area contributed by atoms with E-state index in [2.05, 4.69) is 15.5 Å². The van der Waals surface area contributed by atoms with E-state index in [4.69, 9.17) is 11.6 Å². The minimum atomic E-state index is -0.390. The highest BCUT2D eigenvalue weighted by Gasteiger charge is 2.20. The van der Waals surface area contributed by atoms with Gasteiger partial charge in [-0.3, -0.25) is 10.1 Å². The van der Waals surface area contributed by atoms with Crippen molar-refractivity contribution in [2.45, 2.75) is 6.54 Å². The molecule has 1 aliphatic heterocycles. The van der Waals surface area contributed by atoms with Crippen LogP contribution in [0, 0.1) is 10.1 Å². The Labute approximate surface area is 109 Å². The molecular formula is C10H12ClN5O2. The van der Waals surface area contributed by atoms with E-state index < -0.39 is 0 Å². The molecule has 0 aliphatic carbocycles. The molecule has 0 unspecified atom stereocenters. The molecule has 8 heteroatoms. The van der Waals surface area contributed by atoms with Crippen molar-refractivity contribution in [2.24, 2.45) is 5.10 Å². The quantitative estimate of drug-likeness (QED) is 0.495. The van der Waals surface area contributed by atoms with Crippen LogP contribution in [0.25, 0.3) is 0 Å². The first-order valence-corrected chi connectivity index (χ1v) is 5.79.